The molecule has 2 aromatic rings. The number of benzene rings is 2. The normalized spacial score (nSPS) is 17.2. The molecule has 5 N–H and O–H groups in total. The van der Waals surface area contributed by atoms with Gasteiger partial charge in [0.2, 0.25) is 0 Å². The predicted molar refractivity (Wildman–Crippen MR) is 110 cm³/mol. The van der Waals surface area contributed by atoms with E-state index in [4.69, 9.17) is 15.8 Å². The Bertz CT molecular complexity index is 1040. The number of aromatic carboxylic acids is 1. The van der Waals surface area contributed by atoms with Crippen molar-refractivity contribution in [1.29, 1.82) is 5.41 Å². The van der Waals surface area contributed by atoms with E-state index in [1.54, 1.807) is 17.0 Å². The summed E-state index contributed by atoms with van der Waals surface area (Å²) in [6.45, 7) is 1.16. The fraction of sp³-hybridized carbons (Fsp3) is 0.286. The van der Waals surface area contributed by atoms with Gasteiger partial charge in [-0.25, -0.2) is 4.79 Å². The Morgan fingerprint density at radius 2 is 1.97 bits per heavy atom. The lowest BCUT2D eigenvalue weighted by Gasteiger charge is -2.28. The highest BCUT2D eigenvalue weighted by Gasteiger charge is 2.37. The standard InChI is InChI=1S/C21H22BN3O5/c23-21(24)25-10-14-5-4-12(6-15(14)11-25)7-17(26)9-16-8-13-2-1-3-18(20(27)28)19(13)30-22(16)29/h1-6,16,29H,7-11H2,(H3,23,24)(H,27,28)/t16-/m1/s1. The van der Waals surface area contributed by atoms with Crippen LogP contribution in [0.5, 0.6) is 5.75 Å². The van der Waals surface area contributed by atoms with E-state index >= 15 is 0 Å². The van der Waals surface area contributed by atoms with E-state index in [1.165, 1.54) is 6.07 Å². The second kappa shape index (κ2) is 7.83. The number of nitrogens with zero attached hydrogens (tertiary/aromatic N) is 1. The van der Waals surface area contributed by atoms with Crippen LogP contribution in [0.2, 0.25) is 5.82 Å². The number of carboxylic acids is 1. The van der Waals surface area contributed by atoms with Crippen LogP contribution < -0.4 is 10.4 Å². The minimum absolute atomic E-state index is 0.00840. The van der Waals surface area contributed by atoms with Gasteiger partial charge in [-0.05, 0) is 34.7 Å². The summed E-state index contributed by atoms with van der Waals surface area (Å²) in [5.74, 6) is -1.37. The van der Waals surface area contributed by atoms with Crippen molar-refractivity contribution >= 4 is 24.8 Å². The van der Waals surface area contributed by atoms with E-state index < -0.39 is 18.9 Å². The SMILES string of the molecule is N=C(N)N1Cc2ccc(CC(=O)C[C@H]3Cc4cccc(C(=O)O)c4OB3O)cc2C1. The van der Waals surface area contributed by atoms with E-state index in [9.17, 15) is 19.7 Å². The highest BCUT2D eigenvalue weighted by atomic mass is 16.5. The predicted octanol–water partition coefficient (Wildman–Crippen LogP) is 1.58. The molecule has 4 rings (SSSR count). The number of nitrogens with two attached hydrogens (primary N) is 1. The number of guanidine groups is 1. The van der Waals surface area contributed by atoms with E-state index in [0.29, 0.717) is 25.1 Å². The maximum absolute atomic E-state index is 12.7. The molecule has 8 nitrogen and oxygen atoms in total. The number of carboxylic acid groups (broad SMARTS) is 1. The highest BCUT2D eigenvalue weighted by molar-refractivity contribution is 6.47. The molecule has 0 saturated heterocycles. The topological polar surface area (TPSA) is 137 Å². The molecule has 0 aromatic heterocycles. The summed E-state index contributed by atoms with van der Waals surface area (Å²) in [6, 6.07) is 10.7. The van der Waals surface area contributed by atoms with Gasteiger partial charge in [-0.2, -0.15) is 0 Å². The Hall–Kier alpha value is -3.33. The van der Waals surface area contributed by atoms with Crippen molar-refractivity contribution in [3.63, 3.8) is 0 Å². The maximum atomic E-state index is 12.7. The Balaban J connectivity index is 1.42. The first-order chi connectivity index (χ1) is 14.3. The van der Waals surface area contributed by atoms with Crippen molar-refractivity contribution in [1.82, 2.24) is 4.90 Å². The summed E-state index contributed by atoms with van der Waals surface area (Å²) >= 11 is 0. The van der Waals surface area contributed by atoms with Gasteiger partial charge in [-0.1, -0.05) is 30.3 Å². The summed E-state index contributed by atoms with van der Waals surface area (Å²) in [7, 11) is -1.23. The Morgan fingerprint density at radius 1 is 1.20 bits per heavy atom. The van der Waals surface area contributed by atoms with Crippen LogP contribution >= 0.6 is 0 Å². The molecule has 0 radical (unpaired) electrons. The van der Waals surface area contributed by atoms with Crippen LogP contribution in [0.1, 0.15) is 39.0 Å². The van der Waals surface area contributed by atoms with Gasteiger partial charge in [0.25, 0.3) is 0 Å². The zero-order chi connectivity index (χ0) is 21.4. The molecule has 2 heterocycles. The van der Waals surface area contributed by atoms with Crippen LogP contribution in [0, 0.1) is 5.41 Å². The number of ketones is 1. The molecule has 0 bridgehead atoms. The van der Waals surface area contributed by atoms with Gasteiger partial charge >= 0.3 is 13.1 Å². The summed E-state index contributed by atoms with van der Waals surface area (Å²) in [4.78, 5) is 25.8. The largest absolute Gasteiger partial charge is 0.535 e. The maximum Gasteiger partial charge on any atom is 0.526 e. The summed E-state index contributed by atoms with van der Waals surface area (Å²) in [5.41, 5.74) is 9.29. The van der Waals surface area contributed by atoms with Gasteiger partial charge in [0.1, 0.15) is 11.5 Å². The first kappa shape index (κ1) is 20.0. The van der Waals surface area contributed by atoms with Gasteiger partial charge in [0, 0.05) is 31.7 Å². The molecule has 0 unspecified atom stereocenters. The fourth-order valence-electron chi connectivity index (χ4n) is 4.15. The van der Waals surface area contributed by atoms with Gasteiger partial charge < -0.3 is 25.4 Å². The van der Waals surface area contributed by atoms with Crippen molar-refractivity contribution in [2.75, 3.05) is 0 Å². The molecule has 154 valence electrons. The molecule has 2 aliphatic heterocycles. The van der Waals surface area contributed by atoms with Crippen LogP contribution in [0.25, 0.3) is 0 Å². The van der Waals surface area contributed by atoms with Crippen LogP contribution in [-0.4, -0.2) is 39.9 Å². The number of carbonyl (C=O) groups is 2. The lowest BCUT2D eigenvalue weighted by molar-refractivity contribution is -0.118. The third kappa shape index (κ3) is 3.88. The van der Waals surface area contributed by atoms with Crippen molar-refractivity contribution in [3.8, 4) is 5.75 Å². The first-order valence-electron chi connectivity index (χ1n) is 9.73. The zero-order valence-corrected chi connectivity index (χ0v) is 16.3. The molecule has 0 fully saturated rings. The number of rotatable bonds is 5. The highest BCUT2D eigenvalue weighted by Crippen LogP contribution is 2.36. The average Bonchev–Trinajstić information content (AvgIpc) is 3.11. The number of nitrogens with one attached hydrogen (secondary N) is 1. The Labute approximate surface area is 173 Å². The third-order valence-corrected chi connectivity index (χ3v) is 5.68. The van der Waals surface area contributed by atoms with Crippen molar-refractivity contribution in [3.05, 3.63) is 64.2 Å². The van der Waals surface area contributed by atoms with Crippen molar-refractivity contribution < 1.29 is 24.4 Å². The number of hydrogen-bond acceptors (Lipinski definition) is 5. The number of carbonyl (C=O) groups excluding carboxylic acids is 1. The average molecular weight is 407 g/mol. The van der Waals surface area contributed by atoms with Gasteiger partial charge in [0.15, 0.2) is 5.96 Å². The molecule has 1 atom stereocenters. The number of Topliss-reactive ketones (excluding diaryl/α,β-unsaturated/α-hetero) is 1. The Morgan fingerprint density at radius 3 is 2.70 bits per heavy atom. The molecule has 0 aliphatic carbocycles. The monoisotopic (exact) mass is 407 g/mol. The van der Waals surface area contributed by atoms with Crippen LogP contribution in [0.3, 0.4) is 0 Å². The zero-order valence-electron chi connectivity index (χ0n) is 16.3. The number of hydrogen-bond donors (Lipinski definition) is 4. The smallest absolute Gasteiger partial charge is 0.526 e. The summed E-state index contributed by atoms with van der Waals surface area (Å²) in [6.07, 6.45) is 0.744. The van der Waals surface area contributed by atoms with Crippen molar-refractivity contribution in [2.24, 2.45) is 5.73 Å². The Kier molecular flexibility index (Phi) is 5.21. The molecule has 2 aliphatic rings. The second-order valence-corrected chi connectivity index (χ2v) is 7.84. The quantitative estimate of drug-likeness (QED) is 0.336. The summed E-state index contributed by atoms with van der Waals surface area (Å²) in [5, 5.41) is 27.2. The van der Waals surface area contributed by atoms with Crippen LogP contribution in [0.4, 0.5) is 0 Å². The van der Waals surface area contributed by atoms with E-state index in [2.05, 4.69) is 0 Å². The summed E-state index contributed by atoms with van der Waals surface area (Å²) < 4.78 is 5.47. The fourth-order valence-corrected chi connectivity index (χ4v) is 4.15. The minimum Gasteiger partial charge on any atom is -0.535 e. The molecular formula is C21H22BN3O5. The third-order valence-electron chi connectivity index (χ3n) is 5.68. The van der Waals surface area contributed by atoms with E-state index in [1.807, 2.05) is 18.2 Å². The molecule has 0 amide bonds. The molecule has 2 aromatic carbocycles. The molecule has 9 heteroatoms. The molecular weight excluding hydrogens is 385 g/mol. The molecule has 0 spiro atoms. The van der Waals surface area contributed by atoms with Crippen LogP contribution in [-0.2, 0) is 30.7 Å². The van der Waals surface area contributed by atoms with Gasteiger partial charge in [0.05, 0.1) is 5.56 Å². The lowest BCUT2D eigenvalue weighted by atomic mass is 9.64. The van der Waals surface area contributed by atoms with Crippen LogP contribution in [0.15, 0.2) is 36.4 Å². The first-order valence-corrected chi connectivity index (χ1v) is 9.73. The van der Waals surface area contributed by atoms with Crippen molar-refractivity contribution in [2.45, 2.75) is 38.2 Å². The second-order valence-electron chi connectivity index (χ2n) is 7.84. The van der Waals surface area contributed by atoms with E-state index in [0.717, 1.165) is 16.7 Å². The number of para-hydroxylation sites is 1. The molecule has 30 heavy (non-hydrogen) atoms. The van der Waals surface area contributed by atoms with Gasteiger partial charge in [-0.15, -0.1) is 0 Å². The lowest BCUT2D eigenvalue weighted by Crippen LogP contribution is -2.36. The van der Waals surface area contributed by atoms with E-state index in [-0.39, 0.29) is 35.9 Å². The van der Waals surface area contributed by atoms with Gasteiger partial charge in [-0.3, -0.25) is 10.2 Å². The minimum atomic E-state index is -1.23. The number of fused-ring (bicyclic) bond motifs is 2. The molecule has 0 saturated carbocycles.